The van der Waals surface area contributed by atoms with Crippen LogP contribution in [0.5, 0.6) is 0 Å². The average molecular weight is 368 g/mol. The molecule has 1 aromatic heterocycles. The standard InChI is InChI=1S/C12H6BrCl3O2/c13-5-9(17)10-1-2-11(18-10)12-7(15)3-6(14)4-8(12)16/h1-4H,5H2. The van der Waals surface area contributed by atoms with Crippen LogP contribution in [0.2, 0.25) is 15.1 Å². The number of hydrogen-bond acceptors (Lipinski definition) is 2. The molecule has 0 aliphatic rings. The summed E-state index contributed by atoms with van der Waals surface area (Å²) >= 11 is 21.0. The zero-order valence-corrected chi connectivity index (χ0v) is 12.7. The van der Waals surface area contributed by atoms with Gasteiger partial charge in [0.1, 0.15) is 5.76 Å². The quantitative estimate of drug-likeness (QED) is 0.530. The molecule has 6 heteroatoms. The number of benzene rings is 1. The van der Waals surface area contributed by atoms with E-state index in [1.54, 1.807) is 24.3 Å². The number of rotatable bonds is 3. The molecular weight excluding hydrogens is 362 g/mol. The third-order valence-electron chi connectivity index (χ3n) is 2.26. The van der Waals surface area contributed by atoms with Crippen LogP contribution < -0.4 is 0 Å². The van der Waals surface area contributed by atoms with E-state index in [4.69, 9.17) is 39.2 Å². The molecule has 0 bridgehead atoms. The molecule has 2 nitrogen and oxygen atoms in total. The number of hydrogen-bond donors (Lipinski definition) is 0. The van der Waals surface area contributed by atoms with Gasteiger partial charge in [-0.3, -0.25) is 4.79 Å². The fourth-order valence-corrected chi connectivity index (χ4v) is 2.75. The van der Waals surface area contributed by atoms with E-state index in [1.807, 2.05) is 0 Å². The Balaban J connectivity index is 2.49. The first kappa shape index (κ1) is 13.9. The van der Waals surface area contributed by atoms with E-state index in [0.717, 1.165) is 0 Å². The fourth-order valence-electron chi connectivity index (χ4n) is 1.47. The minimum absolute atomic E-state index is 0.151. The molecule has 0 amide bonds. The number of carbonyl (C=O) groups is 1. The molecule has 0 saturated heterocycles. The zero-order chi connectivity index (χ0) is 13.3. The Hall–Kier alpha value is -0.480. The van der Waals surface area contributed by atoms with Gasteiger partial charge in [0.25, 0.3) is 0 Å². The molecule has 0 radical (unpaired) electrons. The Morgan fingerprint density at radius 2 is 1.78 bits per heavy atom. The van der Waals surface area contributed by atoms with Gasteiger partial charge in [-0.2, -0.15) is 0 Å². The molecule has 94 valence electrons. The smallest absolute Gasteiger partial charge is 0.208 e. The monoisotopic (exact) mass is 366 g/mol. The van der Waals surface area contributed by atoms with Crippen molar-refractivity contribution >= 4 is 56.5 Å². The number of carbonyl (C=O) groups excluding carboxylic acids is 1. The van der Waals surface area contributed by atoms with E-state index in [1.165, 1.54) is 0 Å². The van der Waals surface area contributed by atoms with Crippen LogP contribution in [0.3, 0.4) is 0 Å². The summed E-state index contributed by atoms with van der Waals surface area (Å²) in [5, 5.41) is 1.39. The van der Waals surface area contributed by atoms with Crippen LogP contribution in [-0.2, 0) is 0 Å². The van der Waals surface area contributed by atoms with Crippen LogP contribution in [0.1, 0.15) is 10.6 Å². The largest absolute Gasteiger partial charge is 0.453 e. The van der Waals surface area contributed by atoms with Crippen molar-refractivity contribution in [3.05, 3.63) is 45.1 Å². The Labute approximate surface area is 127 Å². The first-order chi connectivity index (χ1) is 8.52. The molecule has 0 fully saturated rings. The molecule has 0 saturated carbocycles. The lowest BCUT2D eigenvalue weighted by Crippen LogP contribution is -1.96. The van der Waals surface area contributed by atoms with Gasteiger partial charge >= 0.3 is 0 Å². The van der Waals surface area contributed by atoms with Crippen molar-refractivity contribution in [3.8, 4) is 11.3 Å². The molecule has 0 spiro atoms. The van der Waals surface area contributed by atoms with Gasteiger partial charge in [-0.05, 0) is 24.3 Å². The second kappa shape index (κ2) is 5.66. The highest BCUT2D eigenvalue weighted by molar-refractivity contribution is 9.09. The zero-order valence-electron chi connectivity index (χ0n) is 8.84. The molecule has 18 heavy (non-hydrogen) atoms. The van der Waals surface area contributed by atoms with E-state index in [-0.39, 0.29) is 16.9 Å². The number of ketones is 1. The Morgan fingerprint density at radius 1 is 1.17 bits per heavy atom. The van der Waals surface area contributed by atoms with Crippen LogP contribution >= 0.6 is 50.7 Å². The van der Waals surface area contributed by atoms with Crippen molar-refractivity contribution in [3.63, 3.8) is 0 Å². The van der Waals surface area contributed by atoms with Gasteiger partial charge < -0.3 is 4.42 Å². The maximum Gasteiger partial charge on any atom is 0.208 e. The van der Waals surface area contributed by atoms with Crippen molar-refractivity contribution in [1.82, 2.24) is 0 Å². The molecule has 0 aliphatic heterocycles. The fraction of sp³-hybridized carbons (Fsp3) is 0.0833. The molecule has 0 aliphatic carbocycles. The Bertz CT molecular complexity index is 584. The second-order valence-electron chi connectivity index (χ2n) is 3.47. The maximum atomic E-state index is 11.5. The summed E-state index contributed by atoms with van der Waals surface area (Å²) in [6.45, 7) is 0. The van der Waals surface area contributed by atoms with E-state index in [9.17, 15) is 4.79 Å². The summed E-state index contributed by atoms with van der Waals surface area (Å²) in [4.78, 5) is 11.5. The van der Waals surface area contributed by atoms with Gasteiger partial charge in [0.2, 0.25) is 5.78 Å². The molecular formula is C12H6BrCl3O2. The van der Waals surface area contributed by atoms with Gasteiger partial charge in [-0.25, -0.2) is 0 Å². The van der Waals surface area contributed by atoms with Gasteiger partial charge in [-0.1, -0.05) is 50.7 Å². The molecule has 1 heterocycles. The topological polar surface area (TPSA) is 30.2 Å². The Kier molecular flexibility index (Phi) is 4.38. The summed E-state index contributed by atoms with van der Waals surface area (Å²) in [6.07, 6.45) is 0. The molecule has 0 unspecified atom stereocenters. The predicted molar refractivity (Wildman–Crippen MR) is 77.3 cm³/mol. The Morgan fingerprint density at radius 3 is 2.33 bits per heavy atom. The number of halogens is 4. The maximum absolute atomic E-state index is 11.5. The van der Waals surface area contributed by atoms with E-state index < -0.39 is 0 Å². The lowest BCUT2D eigenvalue weighted by atomic mass is 10.2. The van der Waals surface area contributed by atoms with Gasteiger partial charge in [-0.15, -0.1) is 0 Å². The third kappa shape index (κ3) is 2.75. The van der Waals surface area contributed by atoms with E-state index >= 15 is 0 Å². The summed E-state index contributed by atoms with van der Waals surface area (Å²) in [5.41, 5.74) is 0.524. The average Bonchev–Trinajstić information content (AvgIpc) is 2.76. The van der Waals surface area contributed by atoms with Crippen LogP contribution in [0.25, 0.3) is 11.3 Å². The van der Waals surface area contributed by atoms with Gasteiger partial charge in [0.15, 0.2) is 5.76 Å². The number of Topliss-reactive ketones (excluding diaryl/α,β-unsaturated/α-hetero) is 1. The normalized spacial score (nSPS) is 10.7. The summed E-state index contributed by atoms with van der Waals surface area (Å²) in [5.74, 6) is 0.539. The molecule has 0 atom stereocenters. The van der Waals surface area contributed by atoms with Crippen molar-refractivity contribution in [2.24, 2.45) is 0 Å². The van der Waals surface area contributed by atoms with Gasteiger partial charge in [0.05, 0.1) is 20.9 Å². The SMILES string of the molecule is O=C(CBr)c1ccc(-c2c(Cl)cc(Cl)cc2Cl)o1. The third-order valence-corrected chi connectivity index (χ3v) is 3.58. The van der Waals surface area contributed by atoms with Crippen LogP contribution in [-0.4, -0.2) is 11.1 Å². The lowest BCUT2D eigenvalue weighted by molar-refractivity contribution is 0.0994. The predicted octanol–water partition coefficient (Wildman–Crippen LogP) is 5.48. The minimum Gasteiger partial charge on any atom is -0.453 e. The van der Waals surface area contributed by atoms with E-state index in [2.05, 4.69) is 15.9 Å². The molecule has 1 aromatic carbocycles. The van der Waals surface area contributed by atoms with Crippen molar-refractivity contribution in [1.29, 1.82) is 0 Å². The highest BCUT2D eigenvalue weighted by Crippen LogP contribution is 2.38. The van der Waals surface area contributed by atoms with Crippen molar-refractivity contribution in [2.75, 3.05) is 5.33 Å². The number of alkyl halides is 1. The number of furan rings is 1. The first-order valence-electron chi connectivity index (χ1n) is 4.87. The summed E-state index contributed by atoms with van der Waals surface area (Å²) in [7, 11) is 0. The highest BCUT2D eigenvalue weighted by atomic mass is 79.9. The van der Waals surface area contributed by atoms with E-state index in [0.29, 0.717) is 26.4 Å². The van der Waals surface area contributed by atoms with Crippen molar-refractivity contribution < 1.29 is 9.21 Å². The summed E-state index contributed by atoms with van der Waals surface area (Å²) in [6, 6.07) is 6.37. The van der Waals surface area contributed by atoms with Crippen LogP contribution in [0, 0.1) is 0 Å². The molecule has 2 rings (SSSR count). The summed E-state index contributed by atoms with van der Waals surface area (Å²) < 4.78 is 5.43. The lowest BCUT2D eigenvalue weighted by Gasteiger charge is -2.04. The highest BCUT2D eigenvalue weighted by Gasteiger charge is 2.16. The van der Waals surface area contributed by atoms with Crippen molar-refractivity contribution in [2.45, 2.75) is 0 Å². The van der Waals surface area contributed by atoms with Crippen LogP contribution in [0.15, 0.2) is 28.7 Å². The second-order valence-corrected chi connectivity index (χ2v) is 5.28. The van der Waals surface area contributed by atoms with Crippen LogP contribution in [0.4, 0.5) is 0 Å². The minimum atomic E-state index is -0.151. The van der Waals surface area contributed by atoms with Gasteiger partial charge in [0, 0.05) is 5.02 Å². The molecule has 2 aromatic rings. The molecule has 0 N–H and O–H groups in total. The first-order valence-corrected chi connectivity index (χ1v) is 7.12.